The van der Waals surface area contributed by atoms with E-state index in [1.54, 1.807) is 4.90 Å². The molecule has 1 atom stereocenters. The second-order valence-corrected chi connectivity index (χ2v) is 8.97. The number of hydrogen-bond acceptors (Lipinski definition) is 6. The van der Waals surface area contributed by atoms with E-state index in [0.29, 0.717) is 19.0 Å². The van der Waals surface area contributed by atoms with E-state index < -0.39 is 0 Å². The number of hydrogen-bond donors (Lipinski definition) is 2. The molecule has 0 spiro atoms. The number of rotatable bonds is 7. The van der Waals surface area contributed by atoms with Crippen LogP contribution in [0.4, 0.5) is 5.69 Å². The molecule has 2 N–H and O–H groups in total. The van der Waals surface area contributed by atoms with Crippen LogP contribution in [0, 0.1) is 17.2 Å². The molecule has 1 unspecified atom stereocenters. The van der Waals surface area contributed by atoms with Crippen molar-refractivity contribution < 1.29 is 19.4 Å². The first-order valence-corrected chi connectivity index (χ1v) is 11.8. The zero-order chi connectivity index (χ0) is 24.2. The molecule has 7 heteroatoms. The largest absolute Gasteiger partial charge is 0.507 e. The van der Waals surface area contributed by atoms with Crippen molar-refractivity contribution in [3.05, 3.63) is 88.5 Å². The molecule has 0 bridgehead atoms. The van der Waals surface area contributed by atoms with Crippen LogP contribution in [0.3, 0.4) is 0 Å². The van der Waals surface area contributed by atoms with E-state index in [9.17, 15) is 15.2 Å². The summed E-state index contributed by atoms with van der Waals surface area (Å²) in [6, 6.07) is 20.4. The summed E-state index contributed by atoms with van der Waals surface area (Å²) in [5.74, 6) is 0.102. The number of nitrogens with zero attached hydrogens (tertiary/aromatic N) is 2. The summed E-state index contributed by atoms with van der Waals surface area (Å²) in [5, 5.41) is 23.6. The number of anilines is 1. The number of phenolic OH excluding ortho intramolecular Hbond substituents is 1. The second kappa shape index (κ2) is 10.1. The van der Waals surface area contributed by atoms with Crippen molar-refractivity contribution in [1.29, 1.82) is 5.26 Å². The van der Waals surface area contributed by atoms with Gasteiger partial charge in [-0.3, -0.25) is 4.79 Å². The van der Waals surface area contributed by atoms with Gasteiger partial charge in [-0.05, 0) is 41.3 Å². The van der Waals surface area contributed by atoms with Gasteiger partial charge in [-0.1, -0.05) is 42.5 Å². The Bertz CT molecular complexity index is 1260. The van der Waals surface area contributed by atoms with Crippen LogP contribution in [0.5, 0.6) is 11.5 Å². The molecule has 178 valence electrons. The first kappa shape index (κ1) is 22.8. The number of amides is 1. The Morgan fingerprint density at radius 2 is 2.03 bits per heavy atom. The van der Waals surface area contributed by atoms with E-state index in [1.165, 1.54) is 12.1 Å². The van der Waals surface area contributed by atoms with Gasteiger partial charge in [0.2, 0.25) is 0 Å². The summed E-state index contributed by atoms with van der Waals surface area (Å²) in [7, 11) is 0. The maximum absolute atomic E-state index is 13.6. The number of carbonyl (C=O) groups is 1. The summed E-state index contributed by atoms with van der Waals surface area (Å²) in [4.78, 5) is 15.3. The summed E-state index contributed by atoms with van der Waals surface area (Å²) in [6.45, 7) is 3.50. The number of fused-ring (bicyclic) bond motifs is 1. The molecule has 1 fully saturated rings. The fraction of sp³-hybridized carbons (Fsp3) is 0.286. The van der Waals surface area contributed by atoms with E-state index >= 15 is 0 Å². The second-order valence-electron chi connectivity index (χ2n) is 8.97. The van der Waals surface area contributed by atoms with E-state index in [1.807, 2.05) is 54.6 Å². The van der Waals surface area contributed by atoms with Gasteiger partial charge in [0.1, 0.15) is 23.7 Å². The molecule has 3 aromatic rings. The molecule has 0 aliphatic carbocycles. The first-order chi connectivity index (χ1) is 17.1. The van der Waals surface area contributed by atoms with E-state index in [-0.39, 0.29) is 35.1 Å². The minimum atomic E-state index is -0.332. The van der Waals surface area contributed by atoms with Crippen LogP contribution in [0.1, 0.15) is 39.0 Å². The van der Waals surface area contributed by atoms with Crippen molar-refractivity contribution in [1.82, 2.24) is 4.90 Å². The fourth-order valence-electron chi connectivity index (χ4n) is 4.62. The molecular weight excluding hydrogens is 442 g/mol. The van der Waals surface area contributed by atoms with Gasteiger partial charge in [0.05, 0.1) is 18.2 Å². The molecule has 35 heavy (non-hydrogen) atoms. The number of phenols is 1. The van der Waals surface area contributed by atoms with E-state index in [0.717, 1.165) is 48.6 Å². The van der Waals surface area contributed by atoms with Crippen LogP contribution in [-0.4, -0.2) is 35.7 Å². The standard InChI is InChI=1S/C28H27N3O4/c29-13-21-11-25(32)27(26(12-21)35-18-19-5-2-1-3-6-19)28(33)31-15-22-7-4-8-24(23(22)16-31)30-14-20-9-10-34-17-20/h1-8,11-12,20,30,32H,9-10,14-18H2. The summed E-state index contributed by atoms with van der Waals surface area (Å²) < 4.78 is 11.4. The van der Waals surface area contributed by atoms with Gasteiger partial charge in [-0.2, -0.15) is 5.26 Å². The lowest BCUT2D eigenvalue weighted by Crippen LogP contribution is -2.26. The van der Waals surface area contributed by atoms with Crippen LogP contribution < -0.4 is 10.1 Å². The van der Waals surface area contributed by atoms with Crippen LogP contribution >= 0.6 is 0 Å². The summed E-state index contributed by atoms with van der Waals surface area (Å²) >= 11 is 0. The topological polar surface area (TPSA) is 94.8 Å². The van der Waals surface area contributed by atoms with Crippen LogP contribution in [0.2, 0.25) is 0 Å². The van der Waals surface area contributed by atoms with Gasteiger partial charge in [0, 0.05) is 37.8 Å². The highest BCUT2D eigenvalue weighted by molar-refractivity contribution is 6.00. The number of aromatic hydroxyl groups is 1. The molecule has 1 amide bonds. The fourth-order valence-corrected chi connectivity index (χ4v) is 4.62. The van der Waals surface area contributed by atoms with Crippen molar-refractivity contribution >= 4 is 11.6 Å². The third-order valence-electron chi connectivity index (χ3n) is 6.54. The molecule has 1 saturated heterocycles. The van der Waals surface area contributed by atoms with Crippen LogP contribution in [-0.2, 0) is 24.4 Å². The van der Waals surface area contributed by atoms with E-state index in [4.69, 9.17) is 9.47 Å². The number of benzene rings is 3. The molecule has 0 radical (unpaired) electrons. The van der Waals surface area contributed by atoms with Crippen molar-refractivity contribution in [2.45, 2.75) is 26.1 Å². The van der Waals surface area contributed by atoms with Gasteiger partial charge in [-0.15, -0.1) is 0 Å². The lowest BCUT2D eigenvalue weighted by molar-refractivity contribution is 0.0743. The SMILES string of the molecule is N#Cc1cc(O)c(C(=O)N2Cc3cccc(NCC4CCOC4)c3C2)c(OCc2ccccc2)c1. The Balaban J connectivity index is 1.36. The Kier molecular flexibility index (Phi) is 6.55. The quantitative estimate of drug-likeness (QED) is 0.531. The number of nitriles is 1. The molecule has 5 rings (SSSR count). The average Bonchev–Trinajstić information content (AvgIpc) is 3.56. The average molecular weight is 470 g/mol. The first-order valence-electron chi connectivity index (χ1n) is 11.8. The van der Waals surface area contributed by atoms with Gasteiger partial charge < -0.3 is 24.8 Å². The minimum Gasteiger partial charge on any atom is -0.507 e. The monoisotopic (exact) mass is 469 g/mol. The third kappa shape index (κ3) is 4.93. The minimum absolute atomic E-state index is 0.0744. The Morgan fingerprint density at radius 1 is 1.17 bits per heavy atom. The molecule has 2 heterocycles. The van der Waals surface area contributed by atoms with Crippen molar-refractivity contribution in [3.8, 4) is 17.6 Å². The smallest absolute Gasteiger partial charge is 0.262 e. The number of nitrogens with one attached hydrogen (secondary N) is 1. The van der Waals surface area contributed by atoms with Gasteiger partial charge in [0.15, 0.2) is 0 Å². The molecule has 2 aliphatic heterocycles. The highest BCUT2D eigenvalue weighted by Crippen LogP contribution is 2.36. The lowest BCUT2D eigenvalue weighted by atomic mass is 10.1. The summed E-state index contributed by atoms with van der Waals surface area (Å²) in [6.07, 6.45) is 1.05. The van der Waals surface area contributed by atoms with Crippen LogP contribution in [0.25, 0.3) is 0 Å². The molecule has 0 saturated carbocycles. The van der Waals surface area contributed by atoms with Gasteiger partial charge in [-0.25, -0.2) is 0 Å². The van der Waals surface area contributed by atoms with Gasteiger partial charge >= 0.3 is 0 Å². The Morgan fingerprint density at radius 3 is 2.80 bits per heavy atom. The Hall–Kier alpha value is -4.02. The zero-order valence-electron chi connectivity index (χ0n) is 19.4. The normalized spacial score (nSPS) is 16.5. The maximum Gasteiger partial charge on any atom is 0.262 e. The molecule has 0 aromatic heterocycles. The van der Waals surface area contributed by atoms with Crippen molar-refractivity contribution in [2.24, 2.45) is 5.92 Å². The maximum atomic E-state index is 13.6. The predicted molar refractivity (Wildman–Crippen MR) is 131 cm³/mol. The van der Waals surface area contributed by atoms with E-state index in [2.05, 4.69) is 5.32 Å². The third-order valence-corrected chi connectivity index (χ3v) is 6.54. The molecule has 7 nitrogen and oxygen atoms in total. The summed E-state index contributed by atoms with van der Waals surface area (Å²) in [5.41, 5.74) is 4.41. The highest BCUT2D eigenvalue weighted by atomic mass is 16.5. The molecule has 3 aromatic carbocycles. The van der Waals surface area contributed by atoms with Gasteiger partial charge in [0.25, 0.3) is 5.91 Å². The predicted octanol–water partition coefficient (Wildman–Crippen LogP) is 4.45. The zero-order valence-corrected chi connectivity index (χ0v) is 19.4. The van der Waals surface area contributed by atoms with Crippen LogP contribution in [0.15, 0.2) is 60.7 Å². The number of carbonyl (C=O) groups excluding carboxylic acids is 1. The Labute approximate surface area is 204 Å². The molecule has 2 aliphatic rings. The molecular formula is C28H27N3O4. The van der Waals surface area contributed by atoms with Crippen molar-refractivity contribution in [2.75, 3.05) is 25.1 Å². The highest BCUT2D eigenvalue weighted by Gasteiger charge is 2.30. The number of ether oxygens (including phenoxy) is 2. The lowest BCUT2D eigenvalue weighted by Gasteiger charge is -2.20. The van der Waals surface area contributed by atoms with Crippen molar-refractivity contribution in [3.63, 3.8) is 0 Å².